The van der Waals surface area contributed by atoms with Gasteiger partial charge in [0.15, 0.2) is 0 Å². The van der Waals surface area contributed by atoms with Crippen molar-refractivity contribution in [2.45, 2.75) is 52.7 Å². The zero-order chi connectivity index (χ0) is 12.6. The molecular formula is C12H25NO3. The number of ether oxygens (including phenoxy) is 1. The molecule has 0 amide bonds. The first kappa shape index (κ1) is 15.4. The van der Waals surface area contributed by atoms with Crippen molar-refractivity contribution in [2.24, 2.45) is 5.92 Å². The van der Waals surface area contributed by atoms with E-state index in [2.05, 4.69) is 26.1 Å². The number of carbonyl (C=O) groups is 1. The molecule has 0 heterocycles. The molecule has 0 spiro atoms. The summed E-state index contributed by atoms with van der Waals surface area (Å²) in [6, 6.07) is 0.386. The van der Waals surface area contributed by atoms with Crippen LogP contribution in [0.2, 0.25) is 0 Å². The van der Waals surface area contributed by atoms with Crippen molar-refractivity contribution in [2.75, 3.05) is 13.2 Å². The van der Waals surface area contributed by atoms with E-state index in [1.54, 1.807) is 6.92 Å². The highest BCUT2D eigenvalue weighted by Gasteiger charge is 2.15. The molecule has 4 heteroatoms. The van der Waals surface area contributed by atoms with Gasteiger partial charge in [-0.2, -0.15) is 0 Å². The van der Waals surface area contributed by atoms with E-state index in [0.29, 0.717) is 25.1 Å². The average Bonchev–Trinajstić information content (AvgIpc) is 2.18. The van der Waals surface area contributed by atoms with Crippen molar-refractivity contribution in [1.29, 1.82) is 0 Å². The predicted octanol–water partition coefficient (Wildman–Crippen LogP) is 1.32. The molecule has 0 saturated carbocycles. The summed E-state index contributed by atoms with van der Waals surface area (Å²) in [6.07, 6.45) is 0.422. The summed E-state index contributed by atoms with van der Waals surface area (Å²) >= 11 is 0. The van der Waals surface area contributed by atoms with Gasteiger partial charge in [-0.1, -0.05) is 20.8 Å². The third kappa shape index (κ3) is 6.80. The van der Waals surface area contributed by atoms with Gasteiger partial charge >= 0.3 is 5.97 Å². The summed E-state index contributed by atoms with van der Waals surface area (Å²) in [5, 5.41) is 12.9. The highest BCUT2D eigenvalue weighted by atomic mass is 16.5. The van der Waals surface area contributed by atoms with Gasteiger partial charge in [0.2, 0.25) is 0 Å². The lowest BCUT2D eigenvalue weighted by Gasteiger charge is -2.22. The van der Waals surface area contributed by atoms with Gasteiger partial charge in [0, 0.05) is 12.6 Å². The number of hydrogen-bond donors (Lipinski definition) is 2. The van der Waals surface area contributed by atoms with E-state index in [4.69, 9.17) is 4.74 Å². The summed E-state index contributed by atoms with van der Waals surface area (Å²) in [5.74, 6) is 0.189. The van der Waals surface area contributed by atoms with Crippen LogP contribution in [0.25, 0.3) is 0 Å². The molecule has 4 nitrogen and oxygen atoms in total. The molecule has 0 aliphatic carbocycles. The molecule has 0 rings (SSSR count). The second kappa shape index (κ2) is 8.53. The number of hydrogen-bond acceptors (Lipinski definition) is 4. The van der Waals surface area contributed by atoms with Crippen LogP contribution in [0.1, 0.15) is 40.5 Å². The number of nitrogens with one attached hydrogen (secondary N) is 1. The first-order valence-corrected chi connectivity index (χ1v) is 6.08. The zero-order valence-corrected chi connectivity index (χ0v) is 10.8. The Hall–Kier alpha value is -0.610. The van der Waals surface area contributed by atoms with Gasteiger partial charge in [0.1, 0.15) is 0 Å². The molecule has 96 valence electrons. The fourth-order valence-electron chi connectivity index (χ4n) is 1.62. The largest absolute Gasteiger partial charge is 0.466 e. The van der Waals surface area contributed by atoms with Crippen LogP contribution in [-0.2, 0) is 9.53 Å². The molecule has 0 bridgehead atoms. The SMILES string of the molecule is CCOC(=O)CC(O)CNC(CC)C(C)C. The van der Waals surface area contributed by atoms with Crippen LogP contribution in [-0.4, -0.2) is 36.4 Å². The molecule has 0 aromatic rings. The van der Waals surface area contributed by atoms with Gasteiger partial charge in [-0.25, -0.2) is 0 Å². The molecule has 16 heavy (non-hydrogen) atoms. The molecule has 0 saturated heterocycles. The molecule has 0 aliphatic heterocycles. The lowest BCUT2D eigenvalue weighted by atomic mass is 10.0. The highest BCUT2D eigenvalue weighted by Crippen LogP contribution is 2.05. The Morgan fingerprint density at radius 3 is 2.44 bits per heavy atom. The van der Waals surface area contributed by atoms with E-state index >= 15 is 0 Å². The van der Waals surface area contributed by atoms with Crippen LogP contribution in [0, 0.1) is 5.92 Å². The number of rotatable bonds is 8. The fourth-order valence-corrected chi connectivity index (χ4v) is 1.62. The van der Waals surface area contributed by atoms with Crippen molar-refractivity contribution >= 4 is 5.97 Å². The Kier molecular flexibility index (Phi) is 8.21. The quantitative estimate of drug-likeness (QED) is 0.619. The maximum atomic E-state index is 11.1. The van der Waals surface area contributed by atoms with Crippen molar-refractivity contribution in [1.82, 2.24) is 5.32 Å². The van der Waals surface area contributed by atoms with E-state index in [1.807, 2.05) is 0 Å². The molecule has 2 atom stereocenters. The van der Waals surface area contributed by atoms with E-state index in [1.165, 1.54) is 0 Å². The summed E-state index contributed by atoms with van der Waals surface area (Å²) in [5.41, 5.74) is 0. The third-order valence-electron chi connectivity index (χ3n) is 2.57. The van der Waals surface area contributed by atoms with Crippen LogP contribution in [0.3, 0.4) is 0 Å². The van der Waals surface area contributed by atoms with Gasteiger partial charge in [-0.05, 0) is 19.3 Å². The summed E-state index contributed by atoms with van der Waals surface area (Å²) in [7, 11) is 0. The molecule has 0 aliphatic rings. The van der Waals surface area contributed by atoms with Gasteiger partial charge in [-0.3, -0.25) is 4.79 Å². The van der Waals surface area contributed by atoms with Crippen LogP contribution >= 0.6 is 0 Å². The minimum Gasteiger partial charge on any atom is -0.466 e. The maximum absolute atomic E-state index is 11.1. The summed E-state index contributed by atoms with van der Waals surface area (Å²) in [6.45, 7) is 8.94. The number of esters is 1. The van der Waals surface area contributed by atoms with E-state index in [0.717, 1.165) is 6.42 Å². The maximum Gasteiger partial charge on any atom is 0.308 e. The van der Waals surface area contributed by atoms with Gasteiger partial charge in [0.25, 0.3) is 0 Å². The van der Waals surface area contributed by atoms with E-state index in [9.17, 15) is 9.90 Å². The lowest BCUT2D eigenvalue weighted by molar-refractivity contribution is -0.145. The highest BCUT2D eigenvalue weighted by molar-refractivity contribution is 5.69. The molecular weight excluding hydrogens is 206 g/mol. The Morgan fingerprint density at radius 1 is 1.38 bits per heavy atom. The predicted molar refractivity (Wildman–Crippen MR) is 64.2 cm³/mol. The van der Waals surface area contributed by atoms with Gasteiger partial charge < -0.3 is 15.2 Å². The minimum absolute atomic E-state index is 0.0649. The van der Waals surface area contributed by atoms with E-state index < -0.39 is 6.10 Å². The average molecular weight is 231 g/mol. The van der Waals surface area contributed by atoms with Crippen LogP contribution < -0.4 is 5.32 Å². The molecule has 2 N–H and O–H groups in total. The minimum atomic E-state index is -0.660. The number of aliphatic hydroxyl groups is 1. The Labute approximate surface area is 98.4 Å². The van der Waals surface area contributed by atoms with Crippen molar-refractivity contribution < 1.29 is 14.6 Å². The van der Waals surface area contributed by atoms with Crippen LogP contribution in [0.5, 0.6) is 0 Å². The molecule has 0 radical (unpaired) electrons. The number of aliphatic hydroxyl groups excluding tert-OH is 1. The summed E-state index contributed by atoms with van der Waals surface area (Å²) in [4.78, 5) is 11.1. The van der Waals surface area contributed by atoms with Gasteiger partial charge in [-0.15, -0.1) is 0 Å². The Bertz CT molecular complexity index is 195. The normalized spacial score (nSPS) is 14.9. The van der Waals surface area contributed by atoms with Gasteiger partial charge in [0.05, 0.1) is 19.1 Å². The third-order valence-corrected chi connectivity index (χ3v) is 2.57. The topological polar surface area (TPSA) is 58.6 Å². The monoisotopic (exact) mass is 231 g/mol. The second-order valence-electron chi connectivity index (χ2n) is 4.33. The van der Waals surface area contributed by atoms with Crippen molar-refractivity contribution in [3.8, 4) is 0 Å². The zero-order valence-electron chi connectivity index (χ0n) is 10.8. The van der Waals surface area contributed by atoms with Crippen molar-refractivity contribution in [3.63, 3.8) is 0 Å². The Morgan fingerprint density at radius 2 is 2.00 bits per heavy atom. The molecule has 2 unspecified atom stereocenters. The standard InChI is InChI=1S/C12H25NO3/c1-5-11(9(3)4)13-8-10(14)7-12(15)16-6-2/h9-11,13-14H,5-8H2,1-4H3. The molecule has 0 aromatic carbocycles. The fraction of sp³-hybridized carbons (Fsp3) is 0.917. The Balaban J connectivity index is 3.79. The van der Waals surface area contributed by atoms with Crippen molar-refractivity contribution in [3.05, 3.63) is 0 Å². The number of carbonyl (C=O) groups excluding carboxylic acids is 1. The first-order valence-electron chi connectivity index (χ1n) is 6.08. The lowest BCUT2D eigenvalue weighted by Crippen LogP contribution is -2.39. The summed E-state index contributed by atoms with van der Waals surface area (Å²) < 4.78 is 4.77. The second-order valence-corrected chi connectivity index (χ2v) is 4.33. The van der Waals surface area contributed by atoms with Crippen LogP contribution in [0.15, 0.2) is 0 Å². The molecule has 0 aromatic heterocycles. The smallest absolute Gasteiger partial charge is 0.308 e. The van der Waals surface area contributed by atoms with E-state index in [-0.39, 0.29) is 12.4 Å². The van der Waals surface area contributed by atoms with Crippen LogP contribution in [0.4, 0.5) is 0 Å². The first-order chi connectivity index (χ1) is 7.51. The molecule has 0 fully saturated rings.